The highest BCUT2D eigenvalue weighted by atomic mass is 32.2. The van der Waals surface area contributed by atoms with Gasteiger partial charge in [-0.25, -0.2) is 4.79 Å². The Labute approximate surface area is 211 Å². The maximum absolute atomic E-state index is 12.9. The second-order valence-corrected chi connectivity index (χ2v) is 9.63. The summed E-state index contributed by atoms with van der Waals surface area (Å²) in [5, 5.41) is 8.65. The molecule has 182 valence electrons. The molecule has 0 aliphatic carbocycles. The molecule has 5 rings (SSSR count). The van der Waals surface area contributed by atoms with Crippen molar-refractivity contribution in [3.63, 3.8) is 0 Å². The van der Waals surface area contributed by atoms with Gasteiger partial charge in [0.15, 0.2) is 0 Å². The average Bonchev–Trinajstić information content (AvgIpc) is 3.43. The van der Waals surface area contributed by atoms with Gasteiger partial charge < -0.3 is 14.4 Å². The number of thioether (sulfide) groups is 1. The molecule has 0 radical (unpaired) electrons. The Balaban J connectivity index is 1.28. The molecule has 1 saturated heterocycles. The van der Waals surface area contributed by atoms with E-state index in [1.165, 1.54) is 17.7 Å². The first-order chi connectivity index (χ1) is 17.3. The maximum atomic E-state index is 12.9. The Bertz CT molecular complexity index is 1440. The molecule has 2 aliphatic rings. The van der Waals surface area contributed by atoms with E-state index in [-0.39, 0.29) is 22.9 Å². The normalized spacial score (nSPS) is 16.5. The van der Waals surface area contributed by atoms with Crippen LogP contribution >= 0.6 is 11.8 Å². The monoisotopic (exact) mass is 502 g/mol. The van der Waals surface area contributed by atoms with Crippen LogP contribution in [0.2, 0.25) is 0 Å². The van der Waals surface area contributed by atoms with Gasteiger partial charge in [0.25, 0.3) is 11.1 Å². The standard InChI is InChI=1S/C27H22N2O6S/c1-16-12-18(26(32)33)6-8-21(16)22-9-7-20(35-22)13-23-25(31)29(27(34)36-23)15-24(30)28-11-10-17-4-2-3-5-19(17)14-28/h2-9,12-13H,10-11,14-15H2,1H3,(H,32,33)/b23-13-. The van der Waals surface area contributed by atoms with Crippen LogP contribution in [0.3, 0.4) is 0 Å². The minimum absolute atomic E-state index is 0.177. The highest BCUT2D eigenvalue weighted by molar-refractivity contribution is 8.18. The summed E-state index contributed by atoms with van der Waals surface area (Å²) in [6.45, 7) is 2.49. The van der Waals surface area contributed by atoms with E-state index >= 15 is 0 Å². The summed E-state index contributed by atoms with van der Waals surface area (Å²) in [7, 11) is 0. The van der Waals surface area contributed by atoms with Crippen molar-refractivity contribution >= 4 is 40.9 Å². The Morgan fingerprint density at radius 3 is 2.61 bits per heavy atom. The molecule has 3 aromatic rings. The first-order valence-electron chi connectivity index (χ1n) is 11.3. The van der Waals surface area contributed by atoms with E-state index in [2.05, 4.69) is 0 Å². The molecule has 0 spiro atoms. The van der Waals surface area contributed by atoms with E-state index in [0.717, 1.165) is 39.8 Å². The van der Waals surface area contributed by atoms with Gasteiger partial charge in [-0.3, -0.25) is 19.3 Å². The summed E-state index contributed by atoms with van der Waals surface area (Å²) >= 11 is 0.770. The van der Waals surface area contributed by atoms with Gasteiger partial charge in [-0.2, -0.15) is 0 Å². The van der Waals surface area contributed by atoms with Gasteiger partial charge in [0, 0.05) is 24.7 Å². The highest BCUT2D eigenvalue weighted by Crippen LogP contribution is 2.34. The number of fused-ring (bicyclic) bond motifs is 1. The lowest BCUT2D eigenvalue weighted by Gasteiger charge is -2.29. The third-order valence-corrected chi connectivity index (χ3v) is 7.20. The molecule has 9 heteroatoms. The molecule has 2 aromatic carbocycles. The summed E-state index contributed by atoms with van der Waals surface area (Å²) < 4.78 is 5.85. The van der Waals surface area contributed by atoms with Crippen molar-refractivity contribution in [2.75, 3.05) is 13.1 Å². The predicted molar refractivity (Wildman–Crippen MR) is 134 cm³/mol. The molecule has 8 nitrogen and oxygen atoms in total. The van der Waals surface area contributed by atoms with E-state index in [0.29, 0.717) is 24.6 Å². The minimum atomic E-state index is -1.01. The lowest BCUT2D eigenvalue weighted by atomic mass is 10.00. The van der Waals surface area contributed by atoms with Crippen molar-refractivity contribution in [1.29, 1.82) is 0 Å². The number of carboxylic acid groups (broad SMARTS) is 1. The van der Waals surface area contributed by atoms with Gasteiger partial charge in [-0.15, -0.1) is 0 Å². The van der Waals surface area contributed by atoms with Crippen LogP contribution in [0.15, 0.2) is 63.9 Å². The number of amides is 3. The number of carbonyl (C=O) groups excluding carboxylic acids is 3. The molecule has 0 saturated carbocycles. The number of nitrogens with zero attached hydrogens (tertiary/aromatic N) is 2. The third-order valence-electron chi connectivity index (χ3n) is 6.29. The van der Waals surface area contributed by atoms with Crippen LogP contribution in [0, 0.1) is 6.92 Å². The third kappa shape index (κ3) is 4.57. The number of furan rings is 1. The SMILES string of the molecule is Cc1cc(C(=O)O)ccc1-c1ccc(/C=C2\SC(=O)N(CC(=O)N3CCc4ccccc4C3)C2=O)o1. The number of benzene rings is 2. The fourth-order valence-electron chi connectivity index (χ4n) is 4.36. The number of aryl methyl sites for hydroxylation is 1. The summed E-state index contributed by atoms with van der Waals surface area (Å²) in [6, 6.07) is 16.0. The van der Waals surface area contributed by atoms with E-state index in [1.54, 1.807) is 36.1 Å². The number of imide groups is 1. The molecule has 0 atom stereocenters. The number of hydrogen-bond acceptors (Lipinski definition) is 6. The van der Waals surface area contributed by atoms with E-state index in [9.17, 15) is 19.2 Å². The van der Waals surface area contributed by atoms with Crippen LogP contribution < -0.4 is 0 Å². The zero-order valence-electron chi connectivity index (χ0n) is 19.4. The Morgan fingerprint density at radius 1 is 1.08 bits per heavy atom. The molecule has 36 heavy (non-hydrogen) atoms. The van der Waals surface area contributed by atoms with Gasteiger partial charge in [-0.1, -0.05) is 30.3 Å². The Morgan fingerprint density at radius 2 is 1.86 bits per heavy atom. The summed E-state index contributed by atoms with van der Waals surface area (Å²) in [6.07, 6.45) is 2.22. The zero-order chi connectivity index (χ0) is 25.4. The number of carboxylic acids is 1. The second-order valence-electron chi connectivity index (χ2n) is 8.64. The van der Waals surface area contributed by atoms with Crippen LogP contribution in [0.1, 0.15) is 32.8 Å². The van der Waals surface area contributed by atoms with Gasteiger partial charge in [0.2, 0.25) is 5.91 Å². The minimum Gasteiger partial charge on any atom is -0.478 e. The second kappa shape index (κ2) is 9.50. The van der Waals surface area contributed by atoms with Crippen LogP contribution in [0.5, 0.6) is 0 Å². The largest absolute Gasteiger partial charge is 0.478 e. The Hall–Kier alpha value is -4.11. The number of rotatable bonds is 5. The number of carbonyl (C=O) groups is 4. The smallest absolute Gasteiger partial charge is 0.335 e. The average molecular weight is 503 g/mol. The molecular weight excluding hydrogens is 480 g/mol. The fourth-order valence-corrected chi connectivity index (χ4v) is 5.18. The van der Waals surface area contributed by atoms with E-state index in [4.69, 9.17) is 9.52 Å². The van der Waals surface area contributed by atoms with Gasteiger partial charge in [0.1, 0.15) is 18.1 Å². The predicted octanol–water partition coefficient (Wildman–Crippen LogP) is 4.57. The van der Waals surface area contributed by atoms with Gasteiger partial charge in [0.05, 0.1) is 10.5 Å². The molecular formula is C27H22N2O6S. The van der Waals surface area contributed by atoms with Crippen LogP contribution in [0.25, 0.3) is 17.4 Å². The van der Waals surface area contributed by atoms with Crippen molar-refractivity contribution in [1.82, 2.24) is 9.80 Å². The van der Waals surface area contributed by atoms with Gasteiger partial charge >= 0.3 is 5.97 Å². The van der Waals surface area contributed by atoms with Crippen molar-refractivity contribution in [3.8, 4) is 11.3 Å². The quantitative estimate of drug-likeness (QED) is 0.509. The molecule has 1 fully saturated rings. The van der Waals surface area contributed by atoms with E-state index < -0.39 is 17.1 Å². The zero-order valence-corrected chi connectivity index (χ0v) is 20.2. The molecule has 1 N–H and O–H groups in total. The van der Waals surface area contributed by atoms with Crippen molar-refractivity contribution in [3.05, 3.63) is 87.5 Å². The molecule has 0 unspecified atom stereocenters. The molecule has 0 bridgehead atoms. The fraction of sp³-hybridized carbons (Fsp3) is 0.185. The first kappa shape index (κ1) is 23.6. The maximum Gasteiger partial charge on any atom is 0.335 e. The summed E-state index contributed by atoms with van der Waals surface area (Å²) in [4.78, 5) is 52.3. The number of aromatic carboxylic acids is 1. The highest BCUT2D eigenvalue weighted by Gasteiger charge is 2.37. The van der Waals surface area contributed by atoms with Crippen molar-refractivity contribution < 1.29 is 28.7 Å². The lowest BCUT2D eigenvalue weighted by Crippen LogP contribution is -2.44. The van der Waals surface area contributed by atoms with Crippen molar-refractivity contribution in [2.45, 2.75) is 19.9 Å². The van der Waals surface area contributed by atoms with Gasteiger partial charge in [-0.05, 0) is 66.1 Å². The molecule has 2 aliphatic heterocycles. The molecule has 1 aromatic heterocycles. The first-order valence-corrected chi connectivity index (χ1v) is 12.2. The van der Waals surface area contributed by atoms with Crippen LogP contribution in [-0.4, -0.2) is 51.0 Å². The molecule has 3 heterocycles. The Kier molecular flexibility index (Phi) is 6.24. The summed E-state index contributed by atoms with van der Waals surface area (Å²) in [5.41, 5.74) is 3.92. The summed E-state index contributed by atoms with van der Waals surface area (Å²) in [5.74, 6) is -0.930. The number of hydrogen-bond donors (Lipinski definition) is 1. The van der Waals surface area contributed by atoms with Crippen LogP contribution in [-0.2, 0) is 22.6 Å². The van der Waals surface area contributed by atoms with Crippen LogP contribution in [0.4, 0.5) is 4.79 Å². The lowest BCUT2D eigenvalue weighted by molar-refractivity contribution is -0.136. The topological polar surface area (TPSA) is 108 Å². The molecule has 3 amide bonds. The van der Waals surface area contributed by atoms with Crippen molar-refractivity contribution in [2.24, 2.45) is 0 Å². The van der Waals surface area contributed by atoms with E-state index in [1.807, 2.05) is 24.3 Å².